The summed E-state index contributed by atoms with van der Waals surface area (Å²) in [7, 11) is 0. The second-order valence-corrected chi connectivity index (χ2v) is 9.54. The molecule has 3 aromatic rings. The molecule has 5 heterocycles. The van der Waals surface area contributed by atoms with Crippen LogP contribution < -0.4 is 4.90 Å². The van der Waals surface area contributed by atoms with Crippen LogP contribution >= 0.6 is 0 Å². The van der Waals surface area contributed by atoms with E-state index in [1.807, 2.05) is 12.1 Å². The Morgan fingerprint density at radius 3 is 2.81 bits per heavy atom. The van der Waals surface area contributed by atoms with E-state index in [9.17, 15) is 4.79 Å². The van der Waals surface area contributed by atoms with Crippen LogP contribution in [0.25, 0.3) is 5.65 Å². The van der Waals surface area contributed by atoms with Gasteiger partial charge in [0.05, 0.1) is 5.56 Å². The summed E-state index contributed by atoms with van der Waals surface area (Å²) in [5.41, 5.74) is 5.58. The number of hydrogen-bond donors (Lipinski definition) is 0. The number of cyclic esters (lactones) is 1. The lowest BCUT2D eigenvalue weighted by Gasteiger charge is -2.39. The highest BCUT2D eigenvalue weighted by Crippen LogP contribution is 2.41. The van der Waals surface area contributed by atoms with Crippen molar-refractivity contribution >= 4 is 17.4 Å². The summed E-state index contributed by atoms with van der Waals surface area (Å²) in [5.74, 6) is 0.838. The fraction of sp³-hybridized carbons (Fsp3) is 0.500. The number of anilines is 1. The molecule has 1 aromatic carbocycles. The van der Waals surface area contributed by atoms with Gasteiger partial charge < -0.3 is 14.5 Å². The number of rotatable bonds is 4. The molecule has 32 heavy (non-hydrogen) atoms. The first-order valence-corrected chi connectivity index (χ1v) is 11.5. The van der Waals surface area contributed by atoms with Crippen molar-refractivity contribution in [3.63, 3.8) is 0 Å². The number of hydrogen-bond acceptors (Lipinski definition) is 7. The zero-order valence-electron chi connectivity index (χ0n) is 18.5. The second kappa shape index (κ2) is 7.55. The normalized spacial score (nSPS) is 20.3. The smallest absolute Gasteiger partial charge is 0.338 e. The zero-order chi connectivity index (χ0) is 21.7. The van der Waals surface area contributed by atoms with Crippen molar-refractivity contribution in [1.82, 2.24) is 24.7 Å². The molecule has 0 amide bonds. The highest BCUT2D eigenvalue weighted by atomic mass is 16.5. The van der Waals surface area contributed by atoms with Crippen LogP contribution in [0.1, 0.15) is 46.3 Å². The topological polar surface area (TPSA) is 75.9 Å². The largest absolute Gasteiger partial charge is 0.457 e. The molecule has 0 atom stereocenters. The number of piperidine rings is 1. The number of ether oxygens (including phenoxy) is 1. The Labute approximate surface area is 187 Å². The van der Waals surface area contributed by atoms with E-state index >= 15 is 0 Å². The van der Waals surface area contributed by atoms with Gasteiger partial charge in [-0.05, 0) is 80.4 Å². The standard InChI is InChI=1S/C24H28N6O2/c1-17-18(2-3-19-20(17)14-32-23(19)31)6-10-28-11-7-24(8-12-28)9-13-29(15-24)22-5-4-21-26-25-16-30(21)27-22/h2-5,16H,6-15H2,1H3. The van der Waals surface area contributed by atoms with Crippen molar-refractivity contribution in [3.05, 3.63) is 52.8 Å². The molecular formula is C24H28N6O2. The summed E-state index contributed by atoms with van der Waals surface area (Å²) in [6, 6.07) is 8.11. The molecule has 0 aliphatic carbocycles. The van der Waals surface area contributed by atoms with Gasteiger partial charge >= 0.3 is 5.97 Å². The molecule has 1 spiro atoms. The van der Waals surface area contributed by atoms with E-state index in [0.29, 0.717) is 12.0 Å². The first kappa shape index (κ1) is 19.7. The third-order valence-corrected chi connectivity index (χ3v) is 7.80. The number of aromatic nitrogens is 4. The summed E-state index contributed by atoms with van der Waals surface area (Å²) in [6.45, 7) is 8.07. The molecule has 2 aromatic heterocycles. The Balaban J connectivity index is 1.06. The predicted molar refractivity (Wildman–Crippen MR) is 120 cm³/mol. The van der Waals surface area contributed by atoms with Gasteiger partial charge in [-0.2, -0.15) is 4.52 Å². The van der Waals surface area contributed by atoms with Crippen molar-refractivity contribution in [2.75, 3.05) is 37.6 Å². The van der Waals surface area contributed by atoms with Crippen molar-refractivity contribution < 1.29 is 9.53 Å². The number of fused-ring (bicyclic) bond motifs is 2. The van der Waals surface area contributed by atoms with Crippen LogP contribution in [0.5, 0.6) is 0 Å². The monoisotopic (exact) mass is 432 g/mol. The van der Waals surface area contributed by atoms with Gasteiger partial charge in [-0.3, -0.25) is 0 Å². The third-order valence-electron chi connectivity index (χ3n) is 7.80. The summed E-state index contributed by atoms with van der Waals surface area (Å²) < 4.78 is 6.96. The maximum absolute atomic E-state index is 11.8. The van der Waals surface area contributed by atoms with Gasteiger partial charge in [0.15, 0.2) is 5.65 Å². The van der Waals surface area contributed by atoms with Crippen molar-refractivity contribution in [3.8, 4) is 0 Å². The SMILES string of the molecule is Cc1c(CCN2CCC3(CC2)CCN(c2ccc4nncn4n2)C3)ccc2c1COC2=O. The summed E-state index contributed by atoms with van der Waals surface area (Å²) in [5, 5.41) is 12.7. The predicted octanol–water partition coefficient (Wildman–Crippen LogP) is 2.64. The maximum atomic E-state index is 11.8. The van der Waals surface area contributed by atoms with Crippen molar-refractivity contribution in [2.45, 2.75) is 39.2 Å². The number of likely N-dealkylation sites (tertiary alicyclic amines) is 1. The molecule has 0 unspecified atom stereocenters. The quantitative estimate of drug-likeness (QED) is 0.587. The molecule has 0 radical (unpaired) electrons. The van der Waals surface area contributed by atoms with Gasteiger partial charge in [-0.1, -0.05) is 6.07 Å². The van der Waals surface area contributed by atoms with Crippen LogP contribution in [0.4, 0.5) is 5.82 Å². The number of benzene rings is 1. The summed E-state index contributed by atoms with van der Waals surface area (Å²) >= 11 is 0. The Morgan fingerprint density at radius 2 is 1.94 bits per heavy atom. The minimum atomic E-state index is -0.182. The number of carbonyl (C=O) groups excluding carboxylic acids is 1. The molecule has 166 valence electrons. The Morgan fingerprint density at radius 1 is 1.09 bits per heavy atom. The first-order chi connectivity index (χ1) is 15.6. The molecule has 6 rings (SSSR count). The van der Waals surface area contributed by atoms with Gasteiger partial charge in [-0.15, -0.1) is 15.3 Å². The van der Waals surface area contributed by atoms with E-state index in [1.54, 1.807) is 10.8 Å². The van der Waals surface area contributed by atoms with E-state index in [4.69, 9.17) is 4.74 Å². The van der Waals surface area contributed by atoms with Crippen LogP contribution in [-0.2, 0) is 17.8 Å². The molecule has 2 fully saturated rings. The lowest BCUT2D eigenvalue weighted by Crippen LogP contribution is -2.42. The van der Waals surface area contributed by atoms with Gasteiger partial charge in [0.2, 0.25) is 0 Å². The lowest BCUT2D eigenvalue weighted by molar-refractivity contribution is 0.0535. The fourth-order valence-corrected chi connectivity index (χ4v) is 5.62. The Kier molecular flexibility index (Phi) is 4.64. The van der Waals surface area contributed by atoms with Crippen LogP contribution in [0.2, 0.25) is 0 Å². The van der Waals surface area contributed by atoms with Crippen LogP contribution in [0, 0.1) is 12.3 Å². The van der Waals surface area contributed by atoms with Crippen molar-refractivity contribution in [1.29, 1.82) is 0 Å². The van der Waals surface area contributed by atoms with E-state index in [2.05, 4.69) is 44.2 Å². The van der Waals surface area contributed by atoms with Crippen molar-refractivity contribution in [2.24, 2.45) is 5.41 Å². The number of carbonyl (C=O) groups is 1. The number of esters is 1. The minimum Gasteiger partial charge on any atom is -0.457 e. The lowest BCUT2D eigenvalue weighted by atomic mass is 9.77. The van der Waals surface area contributed by atoms with Crippen LogP contribution in [0.3, 0.4) is 0 Å². The molecule has 0 saturated carbocycles. The van der Waals surface area contributed by atoms with E-state index < -0.39 is 0 Å². The molecular weight excluding hydrogens is 404 g/mol. The molecule has 3 aliphatic rings. The molecule has 8 nitrogen and oxygen atoms in total. The average Bonchev–Trinajstić information content (AvgIpc) is 3.53. The number of nitrogens with zero attached hydrogens (tertiary/aromatic N) is 6. The van der Waals surface area contributed by atoms with Crippen LogP contribution in [-0.4, -0.2) is 63.4 Å². The van der Waals surface area contributed by atoms with Gasteiger partial charge in [0, 0.05) is 25.2 Å². The third kappa shape index (κ3) is 3.33. The highest BCUT2D eigenvalue weighted by molar-refractivity contribution is 5.93. The molecule has 8 heteroatoms. The molecule has 0 bridgehead atoms. The Hall–Kier alpha value is -3.00. The molecule has 0 N–H and O–H groups in total. The minimum absolute atomic E-state index is 0.182. The Bertz CT molecular complexity index is 1180. The molecule has 2 saturated heterocycles. The zero-order valence-corrected chi connectivity index (χ0v) is 18.5. The second-order valence-electron chi connectivity index (χ2n) is 9.54. The molecule has 3 aliphatic heterocycles. The summed E-state index contributed by atoms with van der Waals surface area (Å²) in [4.78, 5) is 16.8. The van der Waals surface area contributed by atoms with E-state index in [0.717, 1.165) is 61.7 Å². The van der Waals surface area contributed by atoms with Gasteiger partial charge in [0.25, 0.3) is 0 Å². The van der Waals surface area contributed by atoms with Crippen LogP contribution in [0.15, 0.2) is 30.6 Å². The highest BCUT2D eigenvalue weighted by Gasteiger charge is 2.41. The maximum Gasteiger partial charge on any atom is 0.338 e. The summed E-state index contributed by atoms with van der Waals surface area (Å²) in [6.07, 6.45) is 6.40. The first-order valence-electron chi connectivity index (χ1n) is 11.5. The average molecular weight is 433 g/mol. The van der Waals surface area contributed by atoms with E-state index in [-0.39, 0.29) is 5.97 Å². The van der Waals surface area contributed by atoms with Gasteiger partial charge in [0.1, 0.15) is 18.8 Å². The van der Waals surface area contributed by atoms with E-state index in [1.165, 1.54) is 30.4 Å². The fourth-order valence-electron chi connectivity index (χ4n) is 5.62. The van der Waals surface area contributed by atoms with Gasteiger partial charge in [-0.25, -0.2) is 4.79 Å².